The van der Waals surface area contributed by atoms with Gasteiger partial charge in [-0.25, -0.2) is 4.98 Å². The lowest BCUT2D eigenvalue weighted by Crippen LogP contribution is -2.28. The first-order valence-corrected chi connectivity index (χ1v) is 9.59. The van der Waals surface area contributed by atoms with Gasteiger partial charge in [-0.2, -0.15) is 0 Å². The summed E-state index contributed by atoms with van der Waals surface area (Å²) < 4.78 is 11.5. The molecule has 0 radical (unpaired) electrons. The SMILES string of the molecule is COc1ccc(N2CC(C(=O)Nc3nc4ccccc4s3)CC2=O)cc1OC. The summed E-state index contributed by atoms with van der Waals surface area (Å²) in [5, 5.41) is 3.40. The van der Waals surface area contributed by atoms with Crippen molar-refractivity contribution < 1.29 is 19.1 Å². The fourth-order valence-corrected chi connectivity index (χ4v) is 4.13. The summed E-state index contributed by atoms with van der Waals surface area (Å²) in [6.07, 6.45) is 0.158. The van der Waals surface area contributed by atoms with E-state index in [0.717, 1.165) is 10.2 Å². The van der Waals surface area contributed by atoms with Gasteiger partial charge < -0.3 is 19.7 Å². The molecule has 2 amide bonds. The molecule has 1 aliphatic rings. The fraction of sp³-hybridized carbons (Fsp3) is 0.250. The second-order valence-electron chi connectivity index (χ2n) is 6.42. The van der Waals surface area contributed by atoms with Crippen molar-refractivity contribution in [2.75, 3.05) is 31.0 Å². The van der Waals surface area contributed by atoms with Gasteiger partial charge in [0, 0.05) is 24.7 Å². The summed E-state index contributed by atoms with van der Waals surface area (Å²) >= 11 is 1.42. The van der Waals surface area contributed by atoms with Gasteiger partial charge in [0.15, 0.2) is 16.6 Å². The average Bonchev–Trinajstić information content (AvgIpc) is 3.30. The van der Waals surface area contributed by atoms with Crippen LogP contribution in [-0.2, 0) is 9.59 Å². The lowest BCUT2D eigenvalue weighted by atomic mass is 10.1. The van der Waals surface area contributed by atoms with Crippen LogP contribution in [0.5, 0.6) is 11.5 Å². The largest absolute Gasteiger partial charge is 0.493 e. The summed E-state index contributed by atoms with van der Waals surface area (Å²) in [7, 11) is 3.10. The third kappa shape index (κ3) is 3.38. The summed E-state index contributed by atoms with van der Waals surface area (Å²) in [5.74, 6) is 0.387. The molecule has 1 aromatic heterocycles. The molecule has 1 saturated heterocycles. The highest BCUT2D eigenvalue weighted by atomic mass is 32.1. The summed E-state index contributed by atoms with van der Waals surface area (Å²) in [6.45, 7) is 0.311. The number of thiazole rings is 1. The number of aromatic nitrogens is 1. The van der Waals surface area contributed by atoms with Crippen LogP contribution in [0.2, 0.25) is 0 Å². The zero-order valence-electron chi connectivity index (χ0n) is 15.5. The van der Waals surface area contributed by atoms with Crippen LogP contribution < -0.4 is 19.7 Å². The van der Waals surface area contributed by atoms with Gasteiger partial charge in [-0.3, -0.25) is 9.59 Å². The number of carbonyl (C=O) groups excluding carboxylic acids is 2. The van der Waals surface area contributed by atoms with Crippen molar-refractivity contribution in [1.82, 2.24) is 4.98 Å². The van der Waals surface area contributed by atoms with Crippen LogP contribution >= 0.6 is 11.3 Å². The molecule has 1 aliphatic heterocycles. The van der Waals surface area contributed by atoms with Gasteiger partial charge in [0.1, 0.15) is 0 Å². The minimum Gasteiger partial charge on any atom is -0.493 e. The van der Waals surface area contributed by atoms with Gasteiger partial charge in [-0.05, 0) is 24.3 Å². The molecule has 2 heterocycles. The number of para-hydroxylation sites is 1. The maximum absolute atomic E-state index is 12.7. The third-order valence-electron chi connectivity index (χ3n) is 4.70. The molecule has 1 fully saturated rings. The van der Waals surface area contributed by atoms with Crippen LogP contribution in [0.1, 0.15) is 6.42 Å². The van der Waals surface area contributed by atoms with Gasteiger partial charge in [0.2, 0.25) is 11.8 Å². The normalized spacial score (nSPS) is 16.4. The lowest BCUT2D eigenvalue weighted by Gasteiger charge is -2.18. The Morgan fingerprint density at radius 2 is 1.96 bits per heavy atom. The molecule has 4 rings (SSSR count). The van der Waals surface area contributed by atoms with E-state index in [0.29, 0.717) is 28.9 Å². The van der Waals surface area contributed by atoms with Crippen LogP contribution in [-0.4, -0.2) is 37.6 Å². The Kier molecular flexibility index (Phi) is 4.87. The number of amides is 2. The number of methoxy groups -OCH3 is 2. The predicted molar refractivity (Wildman–Crippen MR) is 108 cm³/mol. The molecular formula is C20H19N3O4S. The number of hydrogen-bond acceptors (Lipinski definition) is 6. The van der Waals surface area contributed by atoms with E-state index in [4.69, 9.17) is 9.47 Å². The van der Waals surface area contributed by atoms with E-state index in [-0.39, 0.29) is 18.2 Å². The molecule has 28 heavy (non-hydrogen) atoms. The number of nitrogens with zero attached hydrogens (tertiary/aromatic N) is 2. The van der Waals surface area contributed by atoms with E-state index in [1.165, 1.54) is 11.3 Å². The van der Waals surface area contributed by atoms with Crippen LogP contribution in [0.15, 0.2) is 42.5 Å². The number of benzene rings is 2. The number of fused-ring (bicyclic) bond motifs is 1. The molecule has 3 aromatic rings. The van der Waals surface area contributed by atoms with Crippen molar-refractivity contribution in [2.24, 2.45) is 5.92 Å². The Hall–Kier alpha value is -3.13. The lowest BCUT2D eigenvalue weighted by molar-refractivity contribution is -0.122. The topological polar surface area (TPSA) is 80.8 Å². The first kappa shape index (κ1) is 18.2. The minimum atomic E-state index is -0.437. The van der Waals surface area contributed by atoms with Crippen molar-refractivity contribution >= 4 is 44.2 Å². The Morgan fingerprint density at radius 3 is 2.71 bits per heavy atom. The van der Waals surface area contributed by atoms with Crippen molar-refractivity contribution in [3.8, 4) is 11.5 Å². The van der Waals surface area contributed by atoms with E-state index in [1.54, 1.807) is 37.3 Å². The van der Waals surface area contributed by atoms with Gasteiger partial charge >= 0.3 is 0 Å². The van der Waals surface area contributed by atoms with Crippen LogP contribution in [0, 0.1) is 5.92 Å². The molecule has 0 spiro atoms. The van der Waals surface area contributed by atoms with Gasteiger partial charge in [-0.15, -0.1) is 0 Å². The molecule has 1 N–H and O–H groups in total. The number of rotatable bonds is 5. The molecular weight excluding hydrogens is 378 g/mol. The van der Waals surface area contributed by atoms with Crippen LogP contribution in [0.4, 0.5) is 10.8 Å². The molecule has 1 unspecified atom stereocenters. The number of anilines is 2. The standard InChI is InChI=1S/C20H19N3O4S/c1-26-15-8-7-13(10-16(15)27-2)23-11-12(9-18(23)24)19(25)22-20-21-14-5-3-4-6-17(14)28-20/h3-8,10,12H,9,11H2,1-2H3,(H,21,22,25). The van der Waals surface area contributed by atoms with E-state index in [1.807, 2.05) is 24.3 Å². The van der Waals surface area contributed by atoms with E-state index < -0.39 is 5.92 Å². The second kappa shape index (κ2) is 7.47. The van der Waals surface area contributed by atoms with Gasteiger partial charge in [0.05, 0.1) is 30.4 Å². The smallest absolute Gasteiger partial charge is 0.231 e. The highest BCUT2D eigenvalue weighted by Crippen LogP contribution is 2.34. The van der Waals surface area contributed by atoms with Gasteiger partial charge in [-0.1, -0.05) is 23.5 Å². The summed E-state index contributed by atoms with van der Waals surface area (Å²) in [6, 6.07) is 13.0. The number of nitrogens with one attached hydrogen (secondary N) is 1. The highest BCUT2D eigenvalue weighted by molar-refractivity contribution is 7.22. The fourth-order valence-electron chi connectivity index (χ4n) is 3.26. The molecule has 1 atom stereocenters. The molecule has 0 bridgehead atoms. The van der Waals surface area contributed by atoms with Crippen molar-refractivity contribution in [1.29, 1.82) is 0 Å². The summed E-state index contributed by atoms with van der Waals surface area (Å²) in [5.41, 5.74) is 1.52. The van der Waals surface area contributed by atoms with Gasteiger partial charge in [0.25, 0.3) is 0 Å². The van der Waals surface area contributed by atoms with E-state index >= 15 is 0 Å². The number of ether oxygens (including phenoxy) is 2. The molecule has 0 saturated carbocycles. The monoisotopic (exact) mass is 397 g/mol. The second-order valence-corrected chi connectivity index (χ2v) is 7.45. The van der Waals surface area contributed by atoms with E-state index in [2.05, 4.69) is 10.3 Å². The molecule has 144 valence electrons. The Morgan fingerprint density at radius 1 is 1.18 bits per heavy atom. The number of carbonyl (C=O) groups is 2. The average molecular weight is 397 g/mol. The van der Waals surface area contributed by atoms with Crippen molar-refractivity contribution in [3.05, 3.63) is 42.5 Å². The maximum Gasteiger partial charge on any atom is 0.231 e. The Labute approximate surface area is 165 Å². The first-order valence-electron chi connectivity index (χ1n) is 8.78. The maximum atomic E-state index is 12.7. The first-order chi connectivity index (χ1) is 13.6. The zero-order chi connectivity index (χ0) is 19.7. The Bertz CT molecular complexity index is 1020. The molecule has 0 aliphatic carbocycles. The minimum absolute atomic E-state index is 0.100. The Balaban J connectivity index is 1.48. The van der Waals surface area contributed by atoms with E-state index in [9.17, 15) is 9.59 Å². The van der Waals surface area contributed by atoms with Crippen molar-refractivity contribution in [2.45, 2.75) is 6.42 Å². The molecule has 2 aromatic carbocycles. The van der Waals surface area contributed by atoms with Crippen molar-refractivity contribution in [3.63, 3.8) is 0 Å². The summed E-state index contributed by atoms with van der Waals surface area (Å²) in [4.78, 5) is 31.2. The highest BCUT2D eigenvalue weighted by Gasteiger charge is 2.35. The van der Waals surface area contributed by atoms with Crippen LogP contribution in [0.25, 0.3) is 10.2 Å². The predicted octanol–water partition coefficient (Wildman–Crippen LogP) is 3.31. The molecule has 8 heteroatoms. The third-order valence-corrected chi connectivity index (χ3v) is 5.65. The molecule has 7 nitrogen and oxygen atoms in total. The van der Waals surface area contributed by atoms with Crippen LogP contribution in [0.3, 0.4) is 0 Å². The number of hydrogen-bond donors (Lipinski definition) is 1. The zero-order valence-corrected chi connectivity index (χ0v) is 16.3. The quantitative estimate of drug-likeness (QED) is 0.714.